The van der Waals surface area contributed by atoms with Crippen LogP contribution in [0, 0.1) is 17.8 Å². The highest BCUT2D eigenvalue weighted by molar-refractivity contribution is 5.85. The molecule has 0 atom stereocenters. The first-order chi connectivity index (χ1) is 13.6. The Morgan fingerprint density at radius 2 is 1.46 bits per heavy atom. The molecule has 2 saturated carbocycles. The fourth-order valence-corrected chi connectivity index (χ4v) is 5.77. The van der Waals surface area contributed by atoms with Gasteiger partial charge in [0.25, 0.3) is 0 Å². The summed E-state index contributed by atoms with van der Waals surface area (Å²) in [5.74, 6) is 3.60. The topological polar surface area (TPSA) is 40.5 Å². The van der Waals surface area contributed by atoms with Gasteiger partial charge in [-0.2, -0.15) is 0 Å². The van der Waals surface area contributed by atoms with Gasteiger partial charge in [-0.05, 0) is 86.3 Å². The molecule has 28 heavy (non-hydrogen) atoms. The maximum absolute atomic E-state index is 11.4. The summed E-state index contributed by atoms with van der Waals surface area (Å²) in [6, 6.07) is 8.34. The van der Waals surface area contributed by atoms with E-state index in [1.54, 1.807) is 0 Å². The summed E-state index contributed by atoms with van der Waals surface area (Å²) in [6.07, 6.45) is 14.0. The second-order valence-electron chi connectivity index (χ2n) is 9.21. The van der Waals surface area contributed by atoms with Crippen LogP contribution in [-0.2, 0) is 0 Å². The number of hydrogen-bond donors (Lipinski definition) is 1. The van der Waals surface area contributed by atoms with Crippen LogP contribution >= 0.6 is 0 Å². The summed E-state index contributed by atoms with van der Waals surface area (Å²) in [6.45, 7) is 4.89. The molecule has 3 nitrogen and oxygen atoms in total. The van der Waals surface area contributed by atoms with Gasteiger partial charge in [-0.25, -0.2) is 4.79 Å². The minimum absolute atomic E-state index is 0.556. The number of amides is 1. The molecule has 0 unspecified atom stereocenters. The predicted molar refractivity (Wildman–Crippen MR) is 117 cm³/mol. The van der Waals surface area contributed by atoms with Crippen molar-refractivity contribution in [2.75, 3.05) is 11.4 Å². The summed E-state index contributed by atoms with van der Waals surface area (Å²) in [5.41, 5.74) is 2.20. The highest BCUT2D eigenvalue weighted by Gasteiger charge is 2.31. The fourth-order valence-electron chi connectivity index (χ4n) is 5.77. The van der Waals surface area contributed by atoms with Crippen LogP contribution in [0.1, 0.15) is 96.0 Å². The molecule has 2 fully saturated rings. The van der Waals surface area contributed by atoms with E-state index in [1.165, 1.54) is 74.7 Å². The van der Waals surface area contributed by atoms with Gasteiger partial charge in [0, 0.05) is 12.2 Å². The molecule has 1 aromatic carbocycles. The van der Waals surface area contributed by atoms with Gasteiger partial charge >= 0.3 is 6.09 Å². The minimum atomic E-state index is -0.858. The van der Waals surface area contributed by atoms with E-state index >= 15 is 0 Å². The zero-order valence-corrected chi connectivity index (χ0v) is 17.9. The Kier molecular flexibility index (Phi) is 7.82. The quantitative estimate of drug-likeness (QED) is 0.529. The number of rotatable bonds is 7. The van der Waals surface area contributed by atoms with Crippen LogP contribution in [0.2, 0.25) is 0 Å². The largest absolute Gasteiger partial charge is 0.465 e. The van der Waals surface area contributed by atoms with Gasteiger partial charge in [-0.3, -0.25) is 4.90 Å². The van der Waals surface area contributed by atoms with Gasteiger partial charge in [-0.1, -0.05) is 51.7 Å². The van der Waals surface area contributed by atoms with E-state index in [4.69, 9.17) is 0 Å². The Bertz CT molecular complexity index is 595. The summed E-state index contributed by atoms with van der Waals surface area (Å²) in [5, 5.41) is 9.40. The first-order valence-electron chi connectivity index (χ1n) is 11.7. The fraction of sp³-hybridized carbons (Fsp3) is 0.720. The first kappa shape index (κ1) is 21.2. The maximum Gasteiger partial charge on any atom is 0.411 e. The van der Waals surface area contributed by atoms with Gasteiger partial charge in [0.15, 0.2) is 0 Å². The summed E-state index contributed by atoms with van der Waals surface area (Å²) >= 11 is 0. The molecule has 0 aromatic heterocycles. The standard InChI is InChI=1S/C25H39NO2/c1-3-5-19-6-8-20(9-7-19)21-10-12-22(13-11-21)23-14-16-24(17-15-23)26(18-4-2)25(27)28/h14-17,19-22H,3-13,18H2,1-2H3,(H,27,28). The molecule has 1 N–H and O–H groups in total. The number of carboxylic acid groups (broad SMARTS) is 1. The molecule has 0 heterocycles. The molecular weight excluding hydrogens is 346 g/mol. The third-order valence-corrected chi connectivity index (χ3v) is 7.38. The van der Waals surface area contributed by atoms with Crippen molar-refractivity contribution in [1.29, 1.82) is 0 Å². The lowest BCUT2D eigenvalue weighted by atomic mass is 9.68. The Balaban J connectivity index is 1.50. The molecule has 156 valence electrons. The van der Waals surface area contributed by atoms with Gasteiger partial charge in [0.2, 0.25) is 0 Å². The zero-order chi connectivity index (χ0) is 19.9. The lowest BCUT2D eigenvalue weighted by molar-refractivity contribution is 0.156. The van der Waals surface area contributed by atoms with E-state index in [-0.39, 0.29) is 0 Å². The third kappa shape index (κ3) is 5.30. The van der Waals surface area contributed by atoms with Crippen LogP contribution in [0.25, 0.3) is 0 Å². The molecule has 1 amide bonds. The summed E-state index contributed by atoms with van der Waals surface area (Å²) in [7, 11) is 0. The zero-order valence-electron chi connectivity index (χ0n) is 17.9. The van der Waals surface area contributed by atoms with E-state index < -0.39 is 6.09 Å². The lowest BCUT2D eigenvalue weighted by Crippen LogP contribution is -2.29. The molecule has 2 aliphatic carbocycles. The van der Waals surface area contributed by atoms with E-state index in [1.807, 2.05) is 19.1 Å². The van der Waals surface area contributed by atoms with Crippen LogP contribution in [0.3, 0.4) is 0 Å². The average molecular weight is 386 g/mol. The smallest absolute Gasteiger partial charge is 0.411 e. The first-order valence-corrected chi connectivity index (χ1v) is 11.7. The molecule has 0 saturated heterocycles. The van der Waals surface area contributed by atoms with E-state index in [0.717, 1.165) is 29.9 Å². The molecule has 0 spiro atoms. The maximum atomic E-state index is 11.4. The van der Waals surface area contributed by atoms with E-state index in [9.17, 15) is 9.90 Å². The van der Waals surface area contributed by atoms with Crippen LogP contribution in [0.5, 0.6) is 0 Å². The SMILES string of the molecule is CCCC1CCC(C2CCC(c3ccc(N(CCC)C(=O)O)cc3)CC2)CC1. The Labute approximate surface area is 171 Å². The van der Waals surface area contributed by atoms with Crippen LogP contribution < -0.4 is 4.90 Å². The molecular formula is C25H39NO2. The average Bonchev–Trinajstić information content (AvgIpc) is 2.73. The van der Waals surface area contributed by atoms with Crippen molar-refractivity contribution in [3.8, 4) is 0 Å². The highest BCUT2D eigenvalue weighted by Crippen LogP contribution is 2.44. The van der Waals surface area contributed by atoms with Crippen molar-refractivity contribution in [3.63, 3.8) is 0 Å². The molecule has 0 aliphatic heterocycles. The predicted octanol–water partition coefficient (Wildman–Crippen LogP) is 7.46. The Hall–Kier alpha value is -1.51. The monoisotopic (exact) mass is 385 g/mol. The normalized spacial score (nSPS) is 28.1. The number of nitrogens with zero attached hydrogens (tertiary/aromatic N) is 1. The number of benzene rings is 1. The van der Waals surface area contributed by atoms with Crippen LogP contribution in [0.15, 0.2) is 24.3 Å². The summed E-state index contributed by atoms with van der Waals surface area (Å²) in [4.78, 5) is 12.9. The third-order valence-electron chi connectivity index (χ3n) is 7.38. The minimum Gasteiger partial charge on any atom is -0.465 e. The van der Waals surface area contributed by atoms with Gasteiger partial charge in [0.05, 0.1) is 0 Å². The molecule has 3 heteroatoms. The van der Waals surface area contributed by atoms with E-state index in [0.29, 0.717) is 12.5 Å². The highest BCUT2D eigenvalue weighted by atomic mass is 16.4. The van der Waals surface area contributed by atoms with Crippen molar-refractivity contribution >= 4 is 11.8 Å². The molecule has 3 rings (SSSR count). The van der Waals surface area contributed by atoms with Gasteiger partial charge in [-0.15, -0.1) is 0 Å². The van der Waals surface area contributed by atoms with Crippen molar-refractivity contribution in [3.05, 3.63) is 29.8 Å². The number of hydrogen-bond acceptors (Lipinski definition) is 1. The van der Waals surface area contributed by atoms with Crippen LogP contribution in [-0.4, -0.2) is 17.7 Å². The Morgan fingerprint density at radius 1 is 0.893 bits per heavy atom. The second-order valence-corrected chi connectivity index (χ2v) is 9.21. The van der Waals surface area contributed by atoms with Crippen molar-refractivity contribution in [1.82, 2.24) is 0 Å². The molecule has 0 bridgehead atoms. The van der Waals surface area contributed by atoms with Gasteiger partial charge in [0.1, 0.15) is 0 Å². The summed E-state index contributed by atoms with van der Waals surface area (Å²) < 4.78 is 0. The van der Waals surface area contributed by atoms with Crippen molar-refractivity contribution in [2.24, 2.45) is 17.8 Å². The van der Waals surface area contributed by atoms with E-state index in [2.05, 4.69) is 19.1 Å². The Morgan fingerprint density at radius 3 is 1.96 bits per heavy atom. The molecule has 2 aliphatic rings. The lowest BCUT2D eigenvalue weighted by Gasteiger charge is -2.38. The van der Waals surface area contributed by atoms with Crippen LogP contribution in [0.4, 0.5) is 10.5 Å². The van der Waals surface area contributed by atoms with Gasteiger partial charge < -0.3 is 5.11 Å². The van der Waals surface area contributed by atoms with Crippen molar-refractivity contribution < 1.29 is 9.90 Å². The number of carbonyl (C=O) groups is 1. The molecule has 0 radical (unpaired) electrons. The number of anilines is 1. The second kappa shape index (κ2) is 10.3. The molecule has 1 aromatic rings. The van der Waals surface area contributed by atoms with Crippen molar-refractivity contribution in [2.45, 2.75) is 90.4 Å².